The summed E-state index contributed by atoms with van der Waals surface area (Å²) in [4.78, 5) is 34.7. The zero-order valence-electron chi connectivity index (χ0n) is 15.5. The highest BCUT2D eigenvalue weighted by atomic mass is 16.6. The molecule has 0 spiro atoms. The number of aryl methyl sites for hydroxylation is 3. The summed E-state index contributed by atoms with van der Waals surface area (Å²) in [6.45, 7) is 4.77. The SMILES string of the molecule is COc1cc(NC(=O)COC(=O)c2cc(C)ccc2C)c(C)cc1[N+](=O)[O-]. The first kappa shape index (κ1) is 19.9. The smallest absolute Gasteiger partial charge is 0.338 e. The van der Waals surface area contributed by atoms with Crippen LogP contribution in [0.5, 0.6) is 5.75 Å². The van der Waals surface area contributed by atoms with E-state index in [0.29, 0.717) is 16.8 Å². The zero-order valence-corrected chi connectivity index (χ0v) is 15.5. The summed E-state index contributed by atoms with van der Waals surface area (Å²) in [5.41, 5.74) is 2.68. The van der Waals surface area contributed by atoms with E-state index in [0.717, 1.165) is 11.1 Å². The summed E-state index contributed by atoms with van der Waals surface area (Å²) in [5, 5.41) is 13.6. The summed E-state index contributed by atoms with van der Waals surface area (Å²) in [5.74, 6) is -1.13. The topological polar surface area (TPSA) is 108 Å². The highest BCUT2D eigenvalue weighted by Crippen LogP contribution is 2.32. The lowest BCUT2D eigenvalue weighted by atomic mass is 10.1. The molecule has 0 saturated heterocycles. The standard InChI is InChI=1S/C19H20N2O6/c1-11-5-6-12(2)14(7-11)19(23)27-10-18(22)20-15-9-17(26-4)16(21(24)25)8-13(15)3/h5-9H,10H2,1-4H3,(H,20,22). The van der Waals surface area contributed by atoms with Crippen LogP contribution in [0.1, 0.15) is 27.0 Å². The summed E-state index contributed by atoms with van der Waals surface area (Å²) in [6, 6.07) is 8.04. The van der Waals surface area contributed by atoms with E-state index in [1.807, 2.05) is 13.0 Å². The number of benzene rings is 2. The average molecular weight is 372 g/mol. The number of rotatable bonds is 6. The van der Waals surface area contributed by atoms with Crippen molar-refractivity contribution >= 4 is 23.3 Å². The molecule has 0 bridgehead atoms. The van der Waals surface area contributed by atoms with E-state index >= 15 is 0 Å². The van der Waals surface area contributed by atoms with Gasteiger partial charge < -0.3 is 14.8 Å². The second-order valence-corrected chi connectivity index (χ2v) is 6.04. The summed E-state index contributed by atoms with van der Waals surface area (Å²) in [7, 11) is 1.30. The van der Waals surface area contributed by atoms with Gasteiger partial charge in [-0.15, -0.1) is 0 Å². The summed E-state index contributed by atoms with van der Waals surface area (Å²) in [6.07, 6.45) is 0. The number of ether oxygens (including phenoxy) is 2. The van der Waals surface area contributed by atoms with Crippen LogP contribution < -0.4 is 10.1 Å². The normalized spacial score (nSPS) is 10.2. The van der Waals surface area contributed by atoms with Gasteiger partial charge >= 0.3 is 11.7 Å². The van der Waals surface area contributed by atoms with Gasteiger partial charge in [-0.3, -0.25) is 14.9 Å². The average Bonchev–Trinajstić information content (AvgIpc) is 2.62. The van der Waals surface area contributed by atoms with Crippen molar-refractivity contribution < 1.29 is 24.0 Å². The molecular weight excluding hydrogens is 352 g/mol. The van der Waals surface area contributed by atoms with E-state index in [-0.39, 0.29) is 11.4 Å². The third-order valence-corrected chi connectivity index (χ3v) is 3.94. The Hall–Kier alpha value is -3.42. The number of carbonyl (C=O) groups is 2. The predicted molar refractivity (Wildman–Crippen MR) is 99.2 cm³/mol. The summed E-state index contributed by atoms with van der Waals surface area (Å²) >= 11 is 0. The van der Waals surface area contributed by atoms with Gasteiger partial charge in [-0.25, -0.2) is 4.79 Å². The minimum Gasteiger partial charge on any atom is -0.490 e. The maximum Gasteiger partial charge on any atom is 0.338 e. The van der Waals surface area contributed by atoms with E-state index in [9.17, 15) is 19.7 Å². The zero-order chi connectivity index (χ0) is 20.1. The number of hydrogen-bond acceptors (Lipinski definition) is 6. The fourth-order valence-electron chi connectivity index (χ4n) is 2.46. The van der Waals surface area contributed by atoms with Crippen molar-refractivity contribution in [2.45, 2.75) is 20.8 Å². The number of nitrogens with one attached hydrogen (secondary N) is 1. The van der Waals surface area contributed by atoms with Gasteiger partial charge in [0.25, 0.3) is 5.91 Å². The Balaban J connectivity index is 2.06. The number of nitro benzene ring substituents is 1. The molecule has 2 aromatic carbocycles. The molecular formula is C19H20N2O6. The number of nitro groups is 1. The van der Waals surface area contributed by atoms with Gasteiger partial charge in [-0.2, -0.15) is 0 Å². The predicted octanol–water partition coefficient (Wildman–Crippen LogP) is 3.32. The number of esters is 1. The molecule has 8 nitrogen and oxygen atoms in total. The molecule has 8 heteroatoms. The fraction of sp³-hybridized carbons (Fsp3) is 0.263. The van der Waals surface area contributed by atoms with E-state index < -0.39 is 23.4 Å². The lowest BCUT2D eigenvalue weighted by Crippen LogP contribution is -2.21. The largest absolute Gasteiger partial charge is 0.490 e. The number of nitrogens with zero attached hydrogens (tertiary/aromatic N) is 1. The van der Waals surface area contributed by atoms with Gasteiger partial charge in [-0.05, 0) is 38.0 Å². The van der Waals surface area contributed by atoms with E-state index in [4.69, 9.17) is 9.47 Å². The van der Waals surface area contributed by atoms with Crippen molar-refractivity contribution in [1.29, 1.82) is 0 Å². The molecule has 2 rings (SSSR count). The van der Waals surface area contributed by atoms with E-state index in [1.165, 1.54) is 19.2 Å². The Bertz CT molecular complexity index is 907. The van der Waals surface area contributed by atoms with Crippen LogP contribution in [0.2, 0.25) is 0 Å². The highest BCUT2D eigenvalue weighted by Gasteiger charge is 2.19. The first-order valence-corrected chi connectivity index (χ1v) is 8.10. The lowest BCUT2D eigenvalue weighted by Gasteiger charge is -2.11. The second-order valence-electron chi connectivity index (χ2n) is 6.04. The maximum absolute atomic E-state index is 12.2. The first-order chi connectivity index (χ1) is 12.7. The molecule has 0 aliphatic carbocycles. The molecule has 1 N–H and O–H groups in total. The van der Waals surface area contributed by atoms with Crippen LogP contribution in [-0.4, -0.2) is 30.5 Å². The Kier molecular flexibility index (Phi) is 6.12. The third kappa shape index (κ3) is 4.81. The Morgan fingerprint density at radius 1 is 1.11 bits per heavy atom. The molecule has 0 heterocycles. The molecule has 0 aliphatic heterocycles. The van der Waals surface area contributed by atoms with Crippen molar-refractivity contribution in [2.24, 2.45) is 0 Å². The molecule has 142 valence electrons. The molecule has 0 aromatic heterocycles. The van der Waals surface area contributed by atoms with Gasteiger partial charge in [0.2, 0.25) is 0 Å². The third-order valence-electron chi connectivity index (χ3n) is 3.94. The first-order valence-electron chi connectivity index (χ1n) is 8.10. The molecule has 0 unspecified atom stereocenters. The molecule has 0 atom stereocenters. The monoisotopic (exact) mass is 372 g/mol. The van der Waals surface area contributed by atoms with Crippen molar-refractivity contribution in [1.82, 2.24) is 0 Å². The number of methoxy groups -OCH3 is 1. The molecule has 1 amide bonds. The van der Waals surface area contributed by atoms with Crippen molar-refractivity contribution in [3.63, 3.8) is 0 Å². The second kappa shape index (κ2) is 8.31. The van der Waals surface area contributed by atoms with Crippen molar-refractivity contribution in [2.75, 3.05) is 19.0 Å². The molecule has 2 aromatic rings. The number of amides is 1. The minimum atomic E-state index is -0.593. The van der Waals surface area contributed by atoms with Gasteiger partial charge in [0.1, 0.15) is 0 Å². The van der Waals surface area contributed by atoms with Gasteiger partial charge in [0, 0.05) is 17.8 Å². The van der Waals surface area contributed by atoms with Gasteiger partial charge in [0.15, 0.2) is 12.4 Å². The van der Waals surface area contributed by atoms with Crippen LogP contribution in [-0.2, 0) is 9.53 Å². The molecule has 0 fully saturated rings. The Labute approximate surface area is 156 Å². The Morgan fingerprint density at radius 2 is 1.81 bits per heavy atom. The van der Waals surface area contributed by atoms with Crippen molar-refractivity contribution in [3.05, 3.63) is 62.7 Å². The van der Waals surface area contributed by atoms with Crippen LogP contribution in [0.3, 0.4) is 0 Å². The number of anilines is 1. The lowest BCUT2D eigenvalue weighted by molar-refractivity contribution is -0.385. The van der Waals surface area contributed by atoms with E-state index in [1.54, 1.807) is 26.0 Å². The molecule has 0 aliphatic rings. The Morgan fingerprint density at radius 3 is 2.44 bits per heavy atom. The quantitative estimate of drug-likeness (QED) is 0.473. The van der Waals surface area contributed by atoms with Crippen LogP contribution >= 0.6 is 0 Å². The number of hydrogen-bond donors (Lipinski definition) is 1. The van der Waals surface area contributed by atoms with E-state index in [2.05, 4.69) is 5.32 Å². The molecule has 0 radical (unpaired) electrons. The van der Waals surface area contributed by atoms with Crippen molar-refractivity contribution in [3.8, 4) is 5.75 Å². The van der Waals surface area contributed by atoms with Crippen LogP contribution in [0.25, 0.3) is 0 Å². The minimum absolute atomic E-state index is 0.0216. The maximum atomic E-state index is 12.2. The van der Waals surface area contributed by atoms with Crippen LogP contribution in [0.15, 0.2) is 30.3 Å². The van der Waals surface area contributed by atoms with Crippen LogP contribution in [0.4, 0.5) is 11.4 Å². The van der Waals surface area contributed by atoms with Gasteiger partial charge in [0.05, 0.1) is 17.6 Å². The molecule has 0 saturated carbocycles. The van der Waals surface area contributed by atoms with Gasteiger partial charge in [-0.1, -0.05) is 17.7 Å². The number of carbonyl (C=O) groups excluding carboxylic acids is 2. The fourth-order valence-corrected chi connectivity index (χ4v) is 2.46. The molecule has 27 heavy (non-hydrogen) atoms. The summed E-state index contributed by atoms with van der Waals surface area (Å²) < 4.78 is 10.1. The highest BCUT2D eigenvalue weighted by molar-refractivity contribution is 5.96. The van der Waals surface area contributed by atoms with Crippen LogP contribution in [0, 0.1) is 30.9 Å².